The number of hydrogen-bond acceptors (Lipinski definition) is 2. The van der Waals surface area contributed by atoms with Crippen LogP contribution in [0.3, 0.4) is 0 Å². The summed E-state index contributed by atoms with van der Waals surface area (Å²) in [5.41, 5.74) is 4.57. The largest absolute Gasteiger partial charge is 0.388 e. The summed E-state index contributed by atoms with van der Waals surface area (Å²) in [6.07, 6.45) is 0. The van der Waals surface area contributed by atoms with E-state index in [0.717, 1.165) is 27.9 Å². The average molecular weight is 239 g/mol. The number of benzene rings is 2. The number of carbonyl (C=O) groups is 1. The maximum Gasteiger partial charge on any atom is 0.193 e. The first-order valence-electron chi connectivity index (χ1n) is 6.02. The Labute approximate surface area is 108 Å². The molecule has 0 aliphatic rings. The summed E-state index contributed by atoms with van der Waals surface area (Å²) in [4.78, 5) is 12.5. The fraction of sp³-hybridized carbons (Fsp3) is 0.188. The van der Waals surface area contributed by atoms with Gasteiger partial charge in [-0.1, -0.05) is 24.3 Å². The first kappa shape index (κ1) is 12.4. The van der Waals surface area contributed by atoms with Gasteiger partial charge in [0.05, 0.1) is 0 Å². The molecule has 2 aromatic carbocycles. The molecule has 0 bridgehead atoms. The summed E-state index contributed by atoms with van der Waals surface area (Å²) in [7, 11) is 1.87. The van der Waals surface area contributed by atoms with Gasteiger partial charge in [0.25, 0.3) is 0 Å². The van der Waals surface area contributed by atoms with Gasteiger partial charge in [0.15, 0.2) is 5.78 Å². The van der Waals surface area contributed by atoms with E-state index in [2.05, 4.69) is 5.32 Å². The quantitative estimate of drug-likeness (QED) is 0.829. The highest BCUT2D eigenvalue weighted by Crippen LogP contribution is 2.19. The van der Waals surface area contributed by atoms with Gasteiger partial charge < -0.3 is 5.32 Å². The Kier molecular flexibility index (Phi) is 3.47. The molecule has 0 amide bonds. The summed E-state index contributed by atoms with van der Waals surface area (Å²) < 4.78 is 0. The number of rotatable bonds is 3. The minimum Gasteiger partial charge on any atom is -0.388 e. The van der Waals surface area contributed by atoms with Crippen LogP contribution in [0.4, 0.5) is 5.69 Å². The minimum atomic E-state index is 0.0910. The second-order valence-corrected chi connectivity index (χ2v) is 4.42. The summed E-state index contributed by atoms with van der Waals surface area (Å²) in [6.45, 7) is 3.93. The minimum absolute atomic E-state index is 0.0910. The lowest BCUT2D eigenvalue weighted by atomic mass is 9.96. The number of aryl methyl sites for hydroxylation is 2. The Balaban J connectivity index is 2.44. The predicted octanol–water partition coefficient (Wildman–Crippen LogP) is 3.58. The van der Waals surface area contributed by atoms with E-state index in [1.165, 1.54) is 0 Å². The van der Waals surface area contributed by atoms with Crippen molar-refractivity contribution in [2.24, 2.45) is 0 Å². The second kappa shape index (κ2) is 5.05. The molecule has 1 N–H and O–H groups in total. The molecule has 0 saturated heterocycles. The molecule has 0 atom stereocenters. The molecule has 0 aromatic heterocycles. The van der Waals surface area contributed by atoms with Gasteiger partial charge in [0, 0.05) is 23.9 Å². The summed E-state index contributed by atoms with van der Waals surface area (Å²) in [6, 6.07) is 13.5. The molecule has 0 unspecified atom stereocenters. The van der Waals surface area contributed by atoms with Gasteiger partial charge in [-0.05, 0) is 43.2 Å². The summed E-state index contributed by atoms with van der Waals surface area (Å²) in [5, 5.41) is 3.07. The van der Waals surface area contributed by atoms with Crippen molar-refractivity contribution in [1.82, 2.24) is 0 Å². The van der Waals surface area contributed by atoms with E-state index in [1.54, 1.807) is 0 Å². The zero-order valence-electron chi connectivity index (χ0n) is 10.9. The van der Waals surface area contributed by atoms with Gasteiger partial charge in [0.2, 0.25) is 0 Å². The van der Waals surface area contributed by atoms with E-state index in [9.17, 15) is 4.79 Å². The third kappa shape index (κ3) is 2.28. The number of nitrogens with one attached hydrogen (secondary N) is 1. The highest BCUT2D eigenvalue weighted by atomic mass is 16.1. The molecule has 0 aliphatic carbocycles. The standard InChI is InChI=1S/C16H17NO/c1-11-6-4-5-7-14(11)16(18)15-9-8-13(17-3)10-12(15)2/h4-10,17H,1-3H3. The molecule has 0 radical (unpaired) electrons. The lowest BCUT2D eigenvalue weighted by molar-refractivity contribution is 0.103. The lowest BCUT2D eigenvalue weighted by Crippen LogP contribution is -2.06. The van der Waals surface area contributed by atoms with Crippen LogP contribution in [0.15, 0.2) is 42.5 Å². The average Bonchev–Trinajstić information content (AvgIpc) is 2.38. The van der Waals surface area contributed by atoms with Crippen molar-refractivity contribution in [2.75, 3.05) is 12.4 Å². The fourth-order valence-electron chi connectivity index (χ4n) is 2.05. The van der Waals surface area contributed by atoms with Gasteiger partial charge in [-0.2, -0.15) is 0 Å². The van der Waals surface area contributed by atoms with Crippen molar-refractivity contribution in [3.63, 3.8) is 0 Å². The Morgan fingerprint density at radius 3 is 2.22 bits per heavy atom. The van der Waals surface area contributed by atoms with E-state index in [-0.39, 0.29) is 5.78 Å². The first-order chi connectivity index (χ1) is 8.63. The lowest BCUT2D eigenvalue weighted by Gasteiger charge is -2.09. The summed E-state index contributed by atoms with van der Waals surface area (Å²) in [5.74, 6) is 0.0910. The maximum absolute atomic E-state index is 12.5. The molecule has 2 rings (SSSR count). The van der Waals surface area contributed by atoms with Crippen molar-refractivity contribution in [1.29, 1.82) is 0 Å². The van der Waals surface area contributed by atoms with Gasteiger partial charge in [-0.25, -0.2) is 0 Å². The van der Waals surface area contributed by atoms with Gasteiger partial charge in [-0.3, -0.25) is 4.79 Å². The number of hydrogen-bond donors (Lipinski definition) is 1. The molecular weight excluding hydrogens is 222 g/mol. The Bertz CT molecular complexity index is 587. The maximum atomic E-state index is 12.5. The Hall–Kier alpha value is -2.09. The smallest absolute Gasteiger partial charge is 0.193 e. The molecule has 0 saturated carbocycles. The highest BCUT2D eigenvalue weighted by Gasteiger charge is 2.13. The molecule has 2 heteroatoms. The number of ketones is 1. The molecule has 92 valence electrons. The molecule has 2 aromatic rings. The van der Waals surface area contributed by atoms with Crippen LogP contribution in [0, 0.1) is 13.8 Å². The summed E-state index contributed by atoms with van der Waals surface area (Å²) >= 11 is 0. The van der Waals surface area contributed by atoms with E-state index in [0.29, 0.717) is 0 Å². The van der Waals surface area contributed by atoms with E-state index >= 15 is 0 Å². The molecule has 0 spiro atoms. The van der Waals surface area contributed by atoms with E-state index in [1.807, 2.05) is 63.4 Å². The van der Waals surface area contributed by atoms with Crippen LogP contribution in [0.25, 0.3) is 0 Å². The van der Waals surface area contributed by atoms with Crippen LogP contribution in [0.1, 0.15) is 27.0 Å². The highest BCUT2D eigenvalue weighted by molar-refractivity contribution is 6.10. The van der Waals surface area contributed by atoms with Crippen LogP contribution >= 0.6 is 0 Å². The van der Waals surface area contributed by atoms with Crippen LogP contribution in [0.5, 0.6) is 0 Å². The van der Waals surface area contributed by atoms with Crippen molar-refractivity contribution >= 4 is 11.5 Å². The van der Waals surface area contributed by atoms with Crippen LogP contribution in [-0.4, -0.2) is 12.8 Å². The van der Waals surface area contributed by atoms with Crippen LogP contribution in [0.2, 0.25) is 0 Å². The van der Waals surface area contributed by atoms with Crippen molar-refractivity contribution in [3.05, 3.63) is 64.7 Å². The molecule has 18 heavy (non-hydrogen) atoms. The molecule has 0 aliphatic heterocycles. The van der Waals surface area contributed by atoms with Gasteiger partial charge in [-0.15, -0.1) is 0 Å². The third-order valence-electron chi connectivity index (χ3n) is 3.15. The zero-order valence-corrected chi connectivity index (χ0v) is 10.9. The fourth-order valence-corrected chi connectivity index (χ4v) is 2.05. The van der Waals surface area contributed by atoms with Crippen LogP contribution in [-0.2, 0) is 0 Å². The van der Waals surface area contributed by atoms with Crippen LogP contribution < -0.4 is 5.32 Å². The second-order valence-electron chi connectivity index (χ2n) is 4.42. The number of carbonyl (C=O) groups excluding carboxylic acids is 1. The van der Waals surface area contributed by atoms with E-state index in [4.69, 9.17) is 0 Å². The molecular formula is C16H17NO. The number of anilines is 1. The van der Waals surface area contributed by atoms with Gasteiger partial charge >= 0.3 is 0 Å². The molecule has 2 nitrogen and oxygen atoms in total. The molecule has 0 fully saturated rings. The van der Waals surface area contributed by atoms with Crippen molar-refractivity contribution < 1.29 is 4.79 Å². The topological polar surface area (TPSA) is 29.1 Å². The predicted molar refractivity (Wildman–Crippen MR) is 75.3 cm³/mol. The molecule has 0 heterocycles. The Morgan fingerprint density at radius 1 is 0.944 bits per heavy atom. The van der Waals surface area contributed by atoms with Gasteiger partial charge in [0.1, 0.15) is 0 Å². The van der Waals surface area contributed by atoms with Crippen molar-refractivity contribution in [3.8, 4) is 0 Å². The SMILES string of the molecule is CNc1ccc(C(=O)c2ccccc2C)c(C)c1. The first-order valence-corrected chi connectivity index (χ1v) is 6.02. The van der Waals surface area contributed by atoms with E-state index < -0.39 is 0 Å². The Morgan fingerprint density at radius 2 is 1.61 bits per heavy atom. The zero-order chi connectivity index (χ0) is 13.1. The van der Waals surface area contributed by atoms with Crippen molar-refractivity contribution in [2.45, 2.75) is 13.8 Å². The normalized spacial score (nSPS) is 10.2. The monoisotopic (exact) mass is 239 g/mol. The third-order valence-corrected chi connectivity index (χ3v) is 3.15.